The first-order chi connectivity index (χ1) is 12.1. The fraction of sp³-hybridized carbons (Fsp3) is 0.333. The normalized spacial score (nSPS) is 19.8. The predicted octanol–water partition coefficient (Wildman–Crippen LogP) is 2.73. The molecule has 2 atom stereocenters. The van der Waals surface area contributed by atoms with Gasteiger partial charge in [-0.3, -0.25) is 0 Å². The molecule has 7 nitrogen and oxygen atoms in total. The quantitative estimate of drug-likeness (QED) is 0.883. The fourth-order valence-electron chi connectivity index (χ4n) is 3.46. The van der Waals surface area contributed by atoms with Crippen LogP contribution in [0.25, 0.3) is 0 Å². The van der Waals surface area contributed by atoms with Crippen LogP contribution in [0.1, 0.15) is 23.1 Å². The summed E-state index contributed by atoms with van der Waals surface area (Å²) in [6.45, 7) is 0.369. The lowest BCUT2D eigenvalue weighted by Crippen LogP contribution is -2.23. The van der Waals surface area contributed by atoms with E-state index in [0.29, 0.717) is 35.2 Å². The molecule has 0 saturated heterocycles. The molecule has 2 aromatic rings. The zero-order valence-electron chi connectivity index (χ0n) is 14.0. The van der Waals surface area contributed by atoms with Gasteiger partial charge in [-0.1, -0.05) is 0 Å². The Labute approximate surface area is 144 Å². The lowest BCUT2D eigenvalue weighted by atomic mass is 9.89. The number of benzene rings is 2. The van der Waals surface area contributed by atoms with Crippen LogP contribution in [0.2, 0.25) is 0 Å². The van der Waals surface area contributed by atoms with Gasteiger partial charge in [0.05, 0.1) is 33.9 Å². The van der Waals surface area contributed by atoms with Crippen molar-refractivity contribution in [1.29, 1.82) is 0 Å². The molecule has 0 aliphatic carbocycles. The van der Waals surface area contributed by atoms with E-state index in [1.807, 2.05) is 0 Å². The molecule has 0 amide bonds. The molecule has 0 aromatic heterocycles. The minimum atomic E-state index is -0.390. The average Bonchev–Trinajstić information content (AvgIpc) is 3.00. The van der Waals surface area contributed by atoms with Crippen molar-refractivity contribution in [2.45, 2.75) is 12.0 Å². The van der Waals surface area contributed by atoms with Crippen molar-refractivity contribution in [3.8, 4) is 40.2 Å². The van der Waals surface area contributed by atoms with Crippen LogP contribution in [0.5, 0.6) is 40.2 Å². The van der Waals surface area contributed by atoms with Gasteiger partial charge in [0.2, 0.25) is 11.5 Å². The Morgan fingerprint density at radius 3 is 2.40 bits per heavy atom. The zero-order valence-corrected chi connectivity index (χ0v) is 14.0. The van der Waals surface area contributed by atoms with Gasteiger partial charge in [0.25, 0.3) is 0 Å². The summed E-state index contributed by atoms with van der Waals surface area (Å²) in [5.41, 5.74) is 1.48. The van der Waals surface area contributed by atoms with E-state index in [4.69, 9.17) is 23.7 Å². The summed E-state index contributed by atoms with van der Waals surface area (Å²) in [6.07, 6.45) is -0.390. The van der Waals surface area contributed by atoms with Crippen LogP contribution in [0.4, 0.5) is 0 Å². The third-order valence-corrected chi connectivity index (χ3v) is 4.67. The van der Waals surface area contributed by atoms with Gasteiger partial charge in [-0.2, -0.15) is 0 Å². The Morgan fingerprint density at radius 2 is 1.72 bits per heavy atom. The Kier molecular flexibility index (Phi) is 3.45. The van der Waals surface area contributed by atoms with E-state index in [9.17, 15) is 10.2 Å². The first-order valence-corrected chi connectivity index (χ1v) is 7.77. The van der Waals surface area contributed by atoms with Gasteiger partial charge in [-0.25, -0.2) is 0 Å². The van der Waals surface area contributed by atoms with Crippen LogP contribution < -0.4 is 23.7 Å². The molecule has 2 heterocycles. The Hall–Kier alpha value is -2.96. The van der Waals surface area contributed by atoms with Crippen LogP contribution in [-0.2, 0) is 0 Å². The average molecular weight is 346 g/mol. The van der Waals surface area contributed by atoms with Gasteiger partial charge >= 0.3 is 0 Å². The highest BCUT2D eigenvalue weighted by Gasteiger charge is 2.44. The van der Waals surface area contributed by atoms with E-state index in [0.717, 1.165) is 5.56 Å². The number of fused-ring (bicyclic) bond motifs is 5. The van der Waals surface area contributed by atoms with Crippen LogP contribution >= 0.6 is 0 Å². The van der Waals surface area contributed by atoms with Gasteiger partial charge in [0, 0.05) is 17.2 Å². The molecule has 7 heteroatoms. The van der Waals surface area contributed by atoms with Crippen molar-refractivity contribution >= 4 is 0 Å². The lowest BCUT2D eigenvalue weighted by Gasteiger charge is -2.28. The van der Waals surface area contributed by atoms with Crippen LogP contribution in [0, 0.1) is 0 Å². The summed E-state index contributed by atoms with van der Waals surface area (Å²) in [5, 5.41) is 20.6. The number of phenolic OH excluding ortho intramolecular Hbond substituents is 2. The highest BCUT2D eigenvalue weighted by molar-refractivity contribution is 5.66. The smallest absolute Gasteiger partial charge is 0.207 e. The zero-order chi connectivity index (χ0) is 17.7. The van der Waals surface area contributed by atoms with Crippen LogP contribution in [0.15, 0.2) is 18.2 Å². The molecule has 0 unspecified atom stereocenters. The second-order valence-electron chi connectivity index (χ2n) is 5.90. The molecule has 25 heavy (non-hydrogen) atoms. The number of ether oxygens (including phenoxy) is 5. The number of methoxy groups -OCH3 is 3. The standard InChI is InChI=1S/C18H18O7/c1-21-13-6-12-9(4-11(13)19)16-10(7-24-12)8-5-14(22-2)18(23-3)15(20)17(8)25-16/h4-6,10,16,19-20H,7H2,1-3H3/t10-,16-/m0/s1. The van der Waals surface area contributed by atoms with E-state index in [1.54, 1.807) is 18.2 Å². The lowest BCUT2D eigenvalue weighted by molar-refractivity contribution is 0.136. The number of hydrogen-bond donors (Lipinski definition) is 2. The van der Waals surface area contributed by atoms with E-state index in [-0.39, 0.29) is 23.2 Å². The van der Waals surface area contributed by atoms with Gasteiger partial charge < -0.3 is 33.9 Å². The largest absolute Gasteiger partial charge is 0.504 e. The minimum Gasteiger partial charge on any atom is -0.504 e. The molecular weight excluding hydrogens is 328 g/mol. The molecule has 0 radical (unpaired) electrons. The summed E-state index contributed by atoms with van der Waals surface area (Å²) >= 11 is 0. The van der Waals surface area contributed by atoms with Gasteiger partial charge in [-0.05, 0) is 12.1 Å². The second-order valence-corrected chi connectivity index (χ2v) is 5.90. The number of phenols is 2. The number of rotatable bonds is 3. The second kappa shape index (κ2) is 5.54. The maximum atomic E-state index is 10.5. The summed E-state index contributed by atoms with van der Waals surface area (Å²) in [6, 6.07) is 4.99. The predicted molar refractivity (Wildman–Crippen MR) is 87.5 cm³/mol. The number of hydrogen-bond acceptors (Lipinski definition) is 7. The Balaban J connectivity index is 1.82. The van der Waals surface area contributed by atoms with Gasteiger partial charge in [0.1, 0.15) is 11.9 Å². The molecule has 0 bridgehead atoms. The Bertz CT molecular complexity index is 846. The fourth-order valence-corrected chi connectivity index (χ4v) is 3.46. The molecule has 2 aliphatic rings. The minimum absolute atomic E-state index is 0.00411. The van der Waals surface area contributed by atoms with Crippen molar-refractivity contribution in [1.82, 2.24) is 0 Å². The molecule has 4 rings (SSSR count). The molecular formula is C18H18O7. The topological polar surface area (TPSA) is 86.6 Å². The van der Waals surface area contributed by atoms with Crippen molar-refractivity contribution < 1.29 is 33.9 Å². The molecule has 0 saturated carbocycles. The molecule has 2 N–H and O–H groups in total. The summed E-state index contributed by atoms with van der Waals surface area (Å²) in [4.78, 5) is 0. The maximum Gasteiger partial charge on any atom is 0.207 e. The first kappa shape index (κ1) is 15.6. The molecule has 132 valence electrons. The van der Waals surface area contributed by atoms with E-state index in [2.05, 4.69) is 0 Å². The van der Waals surface area contributed by atoms with Crippen LogP contribution in [-0.4, -0.2) is 38.1 Å². The number of aromatic hydroxyl groups is 2. The maximum absolute atomic E-state index is 10.5. The third-order valence-electron chi connectivity index (χ3n) is 4.67. The van der Waals surface area contributed by atoms with E-state index < -0.39 is 6.10 Å². The summed E-state index contributed by atoms with van der Waals surface area (Å²) in [7, 11) is 4.44. The van der Waals surface area contributed by atoms with Gasteiger partial charge in [-0.15, -0.1) is 0 Å². The molecule has 2 aliphatic heterocycles. The van der Waals surface area contributed by atoms with Crippen molar-refractivity contribution in [2.24, 2.45) is 0 Å². The first-order valence-electron chi connectivity index (χ1n) is 7.77. The highest BCUT2D eigenvalue weighted by Crippen LogP contribution is 2.58. The third kappa shape index (κ3) is 2.12. The SMILES string of the molecule is COc1cc2c(cc1O)[C@@H]1Oc3c(cc(OC)c(OC)c3O)[C@@H]1CO2. The summed E-state index contributed by atoms with van der Waals surface area (Å²) < 4.78 is 27.5. The summed E-state index contributed by atoms with van der Waals surface area (Å²) in [5.74, 6) is 1.67. The van der Waals surface area contributed by atoms with E-state index >= 15 is 0 Å². The molecule has 2 aromatic carbocycles. The van der Waals surface area contributed by atoms with Crippen molar-refractivity contribution in [3.05, 3.63) is 29.3 Å². The van der Waals surface area contributed by atoms with Crippen LogP contribution in [0.3, 0.4) is 0 Å². The molecule has 0 fully saturated rings. The van der Waals surface area contributed by atoms with E-state index in [1.165, 1.54) is 21.3 Å². The monoisotopic (exact) mass is 346 g/mol. The van der Waals surface area contributed by atoms with Gasteiger partial charge in [0.15, 0.2) is 23.0 Å². The van der Waals surface area contributed by atoms with Crippen molar-refractivity contribution in [3.63, 3.8) is 0 Å². The molecule has 0 spiro atoms. The highest BCUT2D eigenvalue weighted by atomic mass is 16.5. The Morgan fingerprint density at radius 1 is 0.960 bits per heavy atom. The van der Waals surface area contributed by atoms with Crippen molar-refractivity contribution in [2.75, 3.05) is 27.9 Å².